The molecule has 4 nitrogen and oxygen atoms in total. The Labute approximate surface area is 197 Å². The molecule has 1 aliphatic carbocycles. The number of nitrogens with zero attached hydrogens (tertiary/aromatic N) is 2. The summed E-state index contributed by atoms with van der Waals surface area (Å²) in [5.41, 5.74) is 2.98. The van der Waals surface area contributed by atoms with Gasteiger partial charge in [-0.15, -0.1) is 12.4 Å². The molecular formula is C27H33ClN2O2. The molecule has 32 heavy (non-hydrogen) atoms. The highest BCUT2D eigenvalue weighted by Crippen LogP contribution is 2.43. The molecule has 2 unspecified atom stereocenters. The minimum Gasteiger partial charge on any atom is -0.496 e. The maximum Gasteiger partial charge on any atom is 0.124 e. The molecule has 5 rings (SSSR count). The van der Waals surface area contributed by atoms with E-state index in [1.165, 1.54) is 11.3 Å². The summed E-state index contributed by atoms with van der Waals surface area (Å²) in [6.07, 6.45) is 11.7. The number of piperidine rings is 1. The van der Waals surface area contributed by atoms with E-state index in [1.54, 1.807) is 7.11 Å². The van der Waals surface area contributed by atoms with Gasteiger partial charge in [-0.2, -0.15) is 0 Å². The molecule has 5 heteroatoms. The molecule has 0 bridgehead atoms. The van der Waals surface area contributed by atoms with Crippen LogP contribution in [0, 0.1) is 0 Å². The third kappa shape index (κ3) is 4.19. The Balaban J connectivity index is 0.00000245. The highest BCUT2D eigenvalue weighted by molar-refractivity contribution is 5.85. The zero-order chi connectivity index (χ0) is 21.3. The second kappa shape index (κ2) is 9.70. The van der Waals surface area contributed by atoms with Crippen molar-refractivity contribution >= 4 is 18.1 Å². The van der Waals surface area contributed by atoms with Gasteiger partial charge < -0.3 is 19.6 Å². The van der Waals surface area contributed by atoms with Gasteiger partial charge in [-0.05, 0) is 43.5 Å². The summed E-state index contributed by atoms with van der Waals surface area (Å²) in [5.74, 6) is 1.27. The fourth-order valence-electron chi connectivity index (χ4n) is 5.55. The van der Waals surface area contributed by atoms with Crippen LogP contribution in [0.1, 0.15) is 36.3 Å². The molecular weight excluding hydrogens is 420 g/mol. The van der Waals surface area contributed by atoms with Crippen molar-refractivity contribution in [1.29, 1.82) is 0 Å². The summed E-state index contributed by atoms with van der Waals surface area (Å²) in [6.45, 7) is 3.96. The minimum absolute atomic E-state index is 0. The van der Waals surface area contributed by atoms with Gasteiger partial charge in [0.25, 0.3) is 0 Å². The predicted molar refractivity (Wildman–Crippen MR) is 133 cm³/mol. The smallest absolute Gasteiger partial charge is 0.124 e. The van der Waals surface area contributed by atoms with E-state index in [2.05, 4.69) is 58.4 Å². The number of allylic oxidation sites excluding steroid dienone is 2. The lowest BCUT2D eigenvalue weighted by atomic mass is 9.84. The van der Waals surface area contributed by atoms with Crippen molar-refractivity contribution in [2.24, 2.45) is 0 Å². The quantitative estimate of drug-likeness (QED) is 0.677. The first-order valence-corrected chi connectivity index (χ1v) is 11.5. The first kappa shape index (κ1) is 22.9. The standard InChI is InChI=1S/C27H32N2O2.ClH/c1-31-26-14-7-4-11-23(26)27(30)15-19-28(20-16-27)17-8-18-29-24-12-5-2-9-21(24)22-10-3-6-13-25(22)29;/h2-7,9-14,21,24,30H,8,15-20H2,1H3;1H. The fourth-order valence-corrected chi connectivity index (χ4v) is 5.55. The van der Waals surface area contributed by atoms with Gasteiger partial charge in [0.2, 0.25) is 0 Å². The summed E-state index contributed by atoms with van der Waals surface area (Å²) in [4.78, 5) is 5.08. The van der Waals surface area contributed by atoms with Crippen LogP contribution in [-0.2, 0) is 5.60 Å². The van der Waals surface area contributed by atoms with Gasteiger partial charge in [-0.3, -0.25) is 0 Å². The number of aliphatic hydroxyl groups is 1. The maximum absolute atomic E-state index is 11.3. The molecule has 0 saturated carbocycles. The van der Waals surface area contributed by atoms with E-state index < -0.39 is 5.60 Å². The number of hydrogen-bond acceptors (Lipinski definition) is 4. The highest BCUT2D eigenvalue weighted by atomic mass is 35.5. The third-order valence-corrected chi connectivity index (χ3v) is 7.24. The van der Waals surface area contributed by atoms with Gasteiger partial charge in [-0.1, -0.05) is 60.7 Å². The average molecular weight is 453 g/mol. The SMILES string of the molecule is COc1ccccc1C1(O)CCN(CCCN2c3ccccc3C3C=CC=CC32)CC1.Cl. The predicted octanol–water partition coefficient (Wildman–Crippen LogP) is 4.89. The average Bonchev–Trinajstić information content (AvgIpc) is 3.14. The van der Waals surface area contributed by atoms with Crippen molar-refractivity contribution in [2.75, 3.05) is 38.2 Å². The lowest BCUT2D eigenvalue weighted by Crippen LogP contribution is -2.44. The van der Waals surface area contributed by atoms with Crippen molar-refractivity contribution in [3.8, 4) is 5.75 Å². The molecule has 1 fully saturated rings. The second-order valence-corrected chi connectivity index (χ2v) is 8.97. The minimum atomic E-state index is -0.788. The lowest BCUT2D eigenvalue weighted by Gasteiger charge is -2.39. The number of hydrogen-bond donors (Lipinski definition) is 1. The van der Waals surface area contributed by atoms with Crippen LogP contribution in [0.25, 0.3) is 0 Å². The number of anilines is 1. The lowest BCUT2D eigenvalue weighted by molar-refractivity contribution is -0.0274. The number of rotatable bonds is 6. The number of fused-ring (bicyclic) bond motifs is 3. The first-order chi connectivity index (χ1) is 15.2. The zero-order valence-electron chi connectivity index (χ0n) is 18.7. The Morgan fingerprint density at radius 1 is 0.969 bits per heavy atom. The number of methoxy groups -OCH3 is 1. The molecule has 0 radical (unpaired) electrons. The molecule has 1 saturated heterocycles. The van der Waals surface area contributed by atoms with Gasteiger partial charge in [-0.25, -0.2) is 0 Å². The topological polar surface area (TPSA) is 35.9 Å². The van der Waals surface area contributed by atoms with Crippen LogP contribution in [0.5, 0.6) is 5.75 Å². The normalized spacial score (nSPS) is 23.4. The van der Waals surface area contributed by atoms with Crippen molar-refractivity contribution in [3.05, 3.63) is 84.0 Å². The number of likely N-dealkylation sites (tertiary alicyclic amines) is 1. The molecule has 0 amide bonds. The Bertz CT molecular complexity index is 981. The molecule has 2 aromatic carbocycles. The number of ether oxygens (including phenoxy) is 1. The van der Waals surface area contributed by atoms with E-state index in [4.69, 9.17) is 4.74 Å². The highest BCUT2D eigenvalue weighted by Gasteiger charge is 2.37. The third-order valence-electron chi connectivity index (χ3n) is 7.24. The molecule has 0 spiro atoms. The van der Waals surface area contributed by atoms with E-state index in [-0.39, 0.29) is 12.4 Å². The van der Waals surface area contributed by atoms with E-state index >= 15 is 0 Å². The fraction of sp³-hybridized carbons (Fsp3) is 0.407. The molecule has 170 valence electrons. The molecule has 1 N–H and O–H groups in total. The summed E-state index contributed by atoms with van der Waals surface area (Å²) in [6, 6.07) is 17.2. The van der Waals surface area contributed by atoms with Crippen molar-refractivity contribution in [3.63, 3.8) is 0 Å². The Morgan fingerprint density at radius 2 is 1.69 bits per heavy atom. The van der Waals surface area contributed by atoms with Crippen molar-refractivity contribution in [2.45, 2.75) is 36.8 Å². The number of benzene rings is 2. The van der Waals surface area contributed by atoms with Crippen LogP contribution < -0.4 is 9.64 Å². The van der Waals surface area contributed by atoms with E-state index in [0.717, 1.165) is 56.8 Å². The zero-order valence-corrected chi connectivity index (χ0v) is 19.5. The van der Waals surface area contributed by atoms with Crippen LogP contribution in [0.4, 0.5) is 5.69 Å². The molecule has 2 aliphatic heterocycles. The Hall–Kier alpha value is -2.27. The monoisotopic (exact) mass is 452 g/mol. The maximum atomic E-state index is 11.3. The van der Waals surface area contributed by atoms with Crippen LogP contribution in [0.2, 0.25) is 0 Å². The Kier molecular flexibility index (Phi) is 6.94. The summed E-state index contributed by atoms with van der Waals surface area (Å²) < 4.78 is 5.50. The summed E-state index contributed by atoms with van der Waals surface area (Å²) in [7, 11) is 1.68. The molecule has 2 aromatic rings. The van der Waals surface area contributed by atoms with Crippen LogP contribution in [-0.4, -0.2) is 49.3 Å². The number of halogens is 1. The van der Waals surface area contributed by atoms with E-state index in [0.29, 0.717) is 12.0 Å². The van der Waals surface area contributed by atoms with E-state index in [1.807, 2.05) is 24.3 Å². The van der Waals surface area contributed by atoms with Gasteiger partial charge in [0, 0.05) is 36.8 Å². The van der Waals surface area contributed by atoms with Crippen LogP contribution >= 0.6 is 12.4 Å². The molecule has 2 atom stereocenters. The van der Waals surface area contributed by atoms with Gasteiger partial charge in [0.15, 0.2) is 0 Å². The van der Waals surface area contributed by atoms with Crippen molar-refractivity contribution in [1.82, 2.24) is 4.90 Å². The molecule has 3 aliphatic rings. The van der Waals surface area contributed by atoms with Gasteiger partial charge in [0.05, 0.1) is 18.8 Å². The number of para-hydroxylation sites is 2. The summed E-state index contributed by atoms with van der Waals surface area (Å²) in [5, 5.41) is 11.3. The van der Waals surface area contributed by atoms with Crippen molar-refractivity contribution < 1.29 is 9.84 Å². The molecule has 2 heterocycles. The van der Waals surface area contributed by atoms with Crippen LogP contribution in [0.15, 0.2) is 72.8 Å². The first-order valence-electron chi connectivity index (χ1n) is 11.5. The summed E-state index contributed by atoms with van der Waals surface area (Å²) >= 11 is 0. The van der Waals surface area contributed by atoms with Crippen LogP contribution in [0.3, 0.4) is 0 Å². The Morgan fingerprint density at radius 3 is 2.50 bits per heavy atom. The van der Waals surface area contributed by atoms with E-state index in [9.17, 15) is 5.11 Å². The van der Waals surface area contributed by atoms with Gasteiger partial charge >= 0.3 is 0 Å². The second-order valence-electron chi connectivity index (χ2n) is 8.97. The largest absolute Gasteiger partial charge is 0.496 e. The van der Waals surface area contributed by atoms with Gasteiger partial charge in [0.1, 0.15) is 5.75 Å². The molecule has 0 aromatic heterocycles.